The smallest absolute Gasteiger partial charge is 0.308 e. The Kier molecular flexibility index (Phi) is 4.39. The predicted molar refractivity (Wildman–Crippen MR) is 58.1 cm³/mol. The van der Waals surface area contributed by atoms with Crippen molar-refractivity contribution in [1.29, 1.82) is 0 Å². The van der Waals surface area contributed by atoms with Gasteiger partial charge in [0.25, 0.3) is 0 Å². The number of rotatable bonds is 3. The van der Waals surface area contributed by atoms with E-state index in [4.69, 9.17) is 23.2 Å². The van der Waals surface area contributed by atoms with Gasteiger partial charge in [0.15, 0.2) is 0 Å². The summed E-state index contributed by atoms with van der Waals surface area (Å²) in [4.78, 5) is 10.9. The molecular formula is C10H10Cl2O3. The van der Waals surface area contributed by atoms with E-state index in [2.05, 4.69) is 4.74 Å². The number of ether oxygens (including phenoxy) is 1. The molecule has 5 heteroatoms. The molecule has 0 fully saturated rings. The van der Waals surface area contributed by atoms with Crippen LogP contribution in [-0.2, 0) is 9.53 Å². The Balaban J connectivity index is 2.78. The van der Waals surface area contributed by atoms with E-state index in [1.54, 1.807) is 12.1 Å². The van der Waals surface area contributed by atoms with Gasteiger partial charge in [0.1, 0.15) is 0 Å². The fourth-order valence-corrected chi connectivity index (χ4v) is 1.39. The van der Waals surface area contributed by atoms with Crippen molar-refractivity contribution in [1.82, 2.24) is 0 Å². The zero-order valence-electron chi connectivity index (χ0n) is 8.04. The van der Waals surface area contributed by atoms with E-state index in [1.165, 1.54) is 13.2 Å². The average molecular weight is 249 g/mol. The highest BCUT2D eigenvalue weighted by molar-refractivity contribution is 6.42. The number of carbonyl (C=O) groups excluding carboxylic acids is 1. The maximum absolute atomic E-state index is 10.9. The van der Waals surface area contributed by atoms with Crippen molar-refractivity contribution < 1.29 is 14.6 Å². The number of aliphatic hydroxyl groups is 1. The van der Waals surface area contributed by atoms with Gasteiger partial charge in [0.2, 0.25) is 0 Å². The van der Waals surface area contributed by atoms with E-state index in [1.807, 2.05) is 0 Å². The second kappa shape index (κ2) is 5.35. The number of halogens is 2. The number of carbonyl (C=O) groups is 1. The average Bonchev–Trinajstić information content (AvgIpc) is 2.21. The molecule has 82 valence electrons. The maximum atomic E-state index is 10.9. The van der Waals surface area contributed by atoms with Crippen LogP contribution in [0, 0.1) is 0 Å². The Labute approximate surface area is 97.6 Å². The van der Waals surface area contributed by atoms with Crippen LogP contribution in [0.15, 0.2) is 18.2 Å². The Morgan fingerprint density at radius 2 is 2.13 bits per heavy atom. The molecule has 0 saturated carbocycles. The van der Waals surface area contributed by atoms with Gasteiger partial charge in [-0.15, -0.1) is 0 Å². The molecule has 0 aliphatic rings. The van der Waals surface area contributed by atoms with Crippen LogP contribution in [-0.4, -0.2) is 18.2 Å². The normalized spacial score (nSPS) is 12.3. The van der Waals surface area contributed by atoms with Crippen LogP contribution in [0.5, 0.6) is 0 Å². The van der Waals surface area contributed by atoms with E-state index in [0.29, 0.717) is 15.6 Å². The number of hydrogen-bond donors (Lipinski definition) is 1. The lowest BCUT2D eigenvalue weighted by Gasteiger charge is -2.10. The zero-order valence-corrected chi connectivity index (χ0v) is 9.55. The van der Waals surface area contributed by atoms with Crippen molar-refractivity contribution in [2.75, 3.05) is 7.11 Å². The minimum Gasteiger partial charge on any atom is -0.469 e. The highest BCUT2D eigenvalue weighted by atomic mass is 35.5. The summed E-state index contributed by atoms with van der Waals surface area (Å²) in [6.45, 7) is 0. The molecule has 1 aromatic rings. The molecule has 0 radical (unpaired) electrons. The van der Waals surface area contributed by atoms with Gasteiger partial charge in [0, 0.05) is 0 Å². The fourth-order valence-electron chi connectivity index (χ4n) is 1.08. The van der Waals surface area contributed by atoms with Gasteiger partial charge in [-0.2, -0.15) is 0 Å². The summed E-state index contributed by atoms with van der Waals surface area (Å²) >= 11 is 11.5. The van der Waals surface area contributed by atoms with Crippen LogP contribution < -0.4 is 0 Å². The molecule has 15 heavy (non-hydrogen) atoms. The maximum Gasteiger partial charge on any atom is 0.308 e. The second-order valence-corrected chi connectivity index (χ2v) is 3.78. The minimum atomic E-state index is -0.924. The number of hydrogen-bond acceptors (Lipinski definition) is 3. The quantitative estimate of drug-likeness (QED) is 0.837. The molecule has 0 aromatic heterocycles. The summed E-state index contributed by atoms with van der Waals surface area (Å²) in [7, 11) is 1.27. The summed E-state index contributed by atoms with van der Waals surface area (Å²) < 4.78 is 4.44. The lowest BCUT2D eigenvalue weighted by molar-refractivity contribution is -0.142. The van der Waals surface area contributed by atoms with Gasteiger partial charge in [-0.25, -0.2) is 0 Å². The molecule has 0 unspecified atom stereocenters. The molecule has 1 atom stereocenters. The molecule has 1 aromatic carbocycles. The van der Waals surface area contributed by atoms with Crippen LogP contribution in [0.3, 0.4) is 0 Å². The second-order valence-electron chi connectivity index (χ2n) is 2.97. The Morgan fingerprint density at radius 3 is 2.67 bits per heavy atom. The number of aliphatic hydroxyl groups excluding tert-OH is 1. The number of methoxy groups -OCH3 is 1. The third-order valence-electron chi connectivity index (χ3n) is 1.92. The molecule has 0 heterocycles. The van der Waals surface area contributed by atoms with Gasteiger partial charge in [-0.1, -0.05) is 29.3 Å². The third kappa shape index (κ3) is 3.38. The molecule has 0 aliphatic heterocycles. The molecule has 0 bridgehead atoms. The van der Waals surface area contributed by atoms with Gasteiger partial charge < -0.3 is 9.84 Å². The monoisotopic (exact) mass is 248 g/mol. The SMILES string of the molecule is COC(=O)C[C@H](O)c1ccc(Cl)c(Cl)c1. The lowest BCUT2D eigenvalue weighted by Crippen LogP contribution is -2.07. The highest BCUT2D eigenvalue weighted by Gasteiger charge is 2.14. The Bertz CT molecular complexity index is 366. The van der Waals surface area contributed by atoms with E-state index in [-0.39, 0.29) is 6.42 Å². The fraction of sp³-hybridized carbons (Fsp3) is 0.300. The van der Waals surface area contributed by atoms with Crippen molar-refractivity contribution in [3.63, 3.8) is 0 Å². The van der Waals surface area contributed by atoms with Crippen molar-refractivity contribution in [3.8, 4) is 0 Å². The predicted octanol–water partition coefficient (Wildman–Crippen LogP) is 2.59. The van der Waals surface area contributed by atoms with Crippen LogP contribution in [0.1, 0.15) is 18.1 Å². The number of esters is 1. The Hall–Kier alpha value is -0.770. The summed E-state index contributed by atoms with van der Waals surface area (Å²) in [6.07, 6.45) is -1.03. The summed E-state index contributed by atoms with van der Waals surface area (Å²) in [6, 6.07) is 4.71. The van der Waals surface area contributed by atoms with E-state index >= 15 is 0 Å². The van der Waals surface area contributed by atoms with E-state index in [9.17, 15) is 9.90 Å². The van der Waals surface area contributed by atoms with Crippen molar-refractivity contribution in [3.05, 3.63) is 33.8 Å². The summed E-state index contributed by atoms with van der Waals surface area (Å²) in [5, 5.41) is 10.4. The zero-order chi connectivity index (χ0) is 11.4. The molecule has 0 saturated heterocycles. The van der Waals surface area contributed by atoms with Crippen molar-refractivity contribution in [2.45, 2.75) is 12.5 Å². The molecule has 0 amide bonds. The van der Waals surface area contributed by atoms with Crippen LogP contribution >= 0.6 is 23.2 Å². The minimum absolute atomic E-state index is 0.103. The van der Waals surface area contributed by atoms with E-state index in [0.717, 1.165) is 0 Å². The van der Waals surface area contributed by atoms with Crippen LogP contribution in [0.25, 0.3) is 0 Å². The molecule has 1 N–H and O–H groups in total. The molecule has 0 spiro atoms. The van der Waals surface area contributed by atoms with E-state index < -0.39 is 12.1 Å². The van der Waals surface area contributed by atoms with Crippen LogP contribution in [0.4, 0.5) is 0 Å². The first kappa shape index (κ1) is 12.3. The summed E-state index contributed by atoms with van der Waals surface area (Å²) in [5.74, 6) is -0.478. The van der Waals surface area contributed by atoms with Crippen molar-refractivity contribution in [2.24, 2.45) is 0 Å². The van der Waals surface area contributed by atoms with Gasteiger partial charge >= 0.3 is 5.97 Å². The topological polar surface area (TPSA) is 46.5 Å². The molecule has 0 aliphatic carbocycles. The molecule has 1 rings (SSSR count). The molecular weight excluding hydrogens is 239 g/mol. The molecule has 3 nitrogen and oxygen atoms in total. The van der Waals surface area contributed by atoms with Gasteiger partial charge in [-0.3, -0.25) is 4.79 Å². The standard InChI is InChI=1S/C10H10Cl2O3/c1-15-10(14)5-9(13)6-2-3-7(11)8(12)4-6/h2-4,9,13H,5H2,1H3/t9-/m0/s1. The first-order chi connectivity index (χ1) is 7.04. The largest absolute Gasteiger partial charge is 0.469 e. The van der Waals surface area contributed by atoms with Gasteiger partial charge in [0.05, 0.1) is 29.7 Å². The van der Waals surface area contributed by atoms with Gasteiger partial charge in [-0.05, 0) is 17.7 Å². The lowest BCUT2D eigenvalue weighted by atomic mass is 10.1. The first-order valence-electron chi connectivity index (χ1n) is 4.24. The Morgan fingerprint density at radius 1 is 1.47 bits per heavy atom. The highest BCUT2D eigenvalue weighted by Crippen LogP contribution is 2.26. The van der Waals surface area contributed by atoms with Crippen molar-refractivity contribution >= 4 is 29.2 Å². The third-order valence-corrected chi connectivity index (χ3v) is 2.66. The first-order valence-corrected chi connectivity index (χ1v) is 5.00. The van der Waals surface area contributed by atoms with Crippen LogP contribution in [0.2, 0.25) is 10.0 Å². The number of benzene rings is 1. The summed E-state index contributed by atoms with van der Waals surface area (Å²) in [5.41, 5.74) is 0.537.